The lowest BCUT2D eigenvalue weighted by Gasteiger charge is -2.10. The monoisotopic (exact) mass is 266 g/mol. The van der Waals surface area contributed by atoms with Gasteiger partial charge in [-0.3, -0.25) is 9.97 Å². The van der Waals surface area contributed by atoms with E-state index < -0.39 is 5.97 Å². The van der Waals surface area contributed by atoms with Gasteiger partial charge in [-0.25, -0.2) is 4.79 Å². The summed E-state index contributed by atoms with van der Waals surface area (Å²) in [6.07, 6.45) is 4.45. The first-order valence-corrected chi connectivity index (χ1v) is 5.94. The Hall–Kier alpha value is -2.95. The van der Waals surface area contributed by atoms with Gasteiger partial charge in [-0.15, -0.1) is 0 Å². The van der Waals surface area contributed by atoms with E-state index in [-0.39, 0.29) is 11.3 Å². The summed E-state index contributed by atoms with van der Waals surface area (Å²) in [5.41, 5.74) is 0.810. The molecule has 98 valence electrons. The third kappa shape index (κ3) is 2.16. The van der Waals surface area contributed by atoms with Gasteiger partial charge in [-0.05, 0) is 24.3 Å². The number of carboxylic acids is 1. The molecule has 1 aromatic carbocycles. The minimum absolute atomic E-state index is 0.0217. The first-order chi connectivity index (χ1) is 9.75. The van der Waals surface area contributed by atoms with Crippen LogP contribution in [0.4, 0.5) is 0 Å². The van der Waals surface area contributed by atoms with Crippen LogP contribution < -0.4 is 4.74 Å². The van der Waals surface area contributed by atoms with Crippen molar-refractivity contribution in [3.8, 4) is 11.5 Å². The van der Waals surface area contributed by atoms with Gasteiger partial charge in [0.05, 0.1) is 5.52 Å². The van der Waals surface area contributed by atoms with Crippen molar-refractivity contribution in [2.45, 2.75) is 0 Å². The predicted octanol–water partition coefficient (Wildman–Crippen LogP) is 3.12. The molecule has 0 aliphatic heterocycles. The molecule has 0 unspecified atom stereocenters. The Balaban J connectivity index is 2.08. The average Bonchev–Trinajstić information content (AvgIpc) is 2.48. The van der Waals surface area contributed by atoms with E-state index in [2.05, 4.69) is 9.97 Å². The summed E-state index contributed by atoms with van der Waals surface area (Å²) < 4.78 is 5.72. The summed E-state index contributed by atoms with van der Waals surface area (Å²) in [5.74, 6) is -0.264. The molecule has 0 radical (unpaired) electrons. The van der Waals surface area contributed by atoms with Crippen LogP contribution in [0.25, 0.3) is 10.9 Å². The number of aromatic nitrogens is 2. The van der Waals surface area contributed by atoms with Gasteiger partial charge in [0.15, 0.2) is 0 Å². The number of rotatable bonds is 3. The third-order valence-corrected chi connectivity index (χ3v) is 2.84. The maximum absolute atomic E-state index is 11.1. The summed E-state index contributed by atoms with van der Waals surface area (Å²) in [4.78, 5) is 19.2. The minimum Gasteiger partial charge on any atom is -0.477 e. The Labute approximate surface area is 114 Å². The van der Waals surface area contributed by atoms with E-state index in [4.69, 9.17) is 9.84 Å². The topological polar surface area (TPSA) is 72.3 Å². The number of carbonyl (C=O) groups is 1. The lowest BCUT2D eigenvalue weighted by molar-refractivity contribution is 0.0693. The van der Waals surface area contributed by atoms with Crippen LogP contribution in [-0.4, -0.2) is 21.0 Å². The fourth-order valence-corrected chi connectivity index (χ4v) is 1.91. The van der Waals surface area contributed by atoms with Crippen molar-refractivity contribution in [1.82, 2.24) is 9.97 Å². The van der Waals surface area contributed by atoms with Crippen molar-refractivity contribution in [2.75, 3.05) is 0 Å². The second-order valence-corrected chi connectivity index (χ2v) is 4.11. The first-order valence-electron chi connectivity index (χ1n) is 5.94. The van der Waals surface area contributed by atoms with Crippen LogP contribution in [0.5, 0.6) is 11.5 Å². The van der Waals surface area contributed by atoms with E-state index in [0.717, 1.165) is 10.9 Å². The van der Waals surface area contributed by atoms with Crippen LogP contribution in [-0.2, 0) is 0 Å². The van der Waals surface area contributed by atoms with Gasteiger partial charge in [-0.1, -0.05) is 6.07 Å². The smallest absolute Gasteiger partial charge is 0.341 e. The molecule has 0 spiro atoms. The maximum Gasteiger partial charge on any atom is 0.341 e. The highest BCUT2D eigenvalue weighted by molar-refractivity contribution is 5.91. The zero-order chi connectivity index (χ0) is 13.9. The molecule has 0 saturated carbocycles. The van der Waals surface area contributed by atoms with Crippen LogP contribution in [0.1, 0.15) is 10.4 Å². The normalized spacial score (nSPS) is 10.4. The molecule has 0 amide bonds. The number of nitrogens with zero attached hydrogens (tertiary/aromatic N) is 2. The van der Waals surface area contributed by atoms with Gasteiger partial charge in [0.1, 0.15) is 17.1 Å². The Morgan fingerprint density at radius 3 is 2.80 bits per heavy atom. The number of hydrogen-bond acceptors (Lipinski definition) is 4. The highest BCUT2D eigenvalue weighted by Crippen LogP contribution is 2.30. The molecular formula is C15H10N2O3. The number of fused-ring (bicyclic) bond motifs is 1. The molecular weight excluding hydrogens is 256 g/mol. The lowest BCUT2D eigenvalue weighted by Crippen LogP contribution is -2.00. The van der Waals surface area contributed by atoms with Gasteiger partial charge >= 0.3 is 5.97 Å². The second-order valence-electron chi connectivity index (χ2n) is 4.11. The number of aromatic carboxylic acids is 1. The summed E-state index contributed by atoms with van der Waals surface area (Å²) in [5, 5.41) is 9.95. The molecule has 0 aliphatic carbocycles. The van der Waals surface area contributed by atoms with Crippen molar-refractivity contribution in [3.05, 3.63) is 60.6 Å². The molecule has 2 heterocycles. The van der Waals surface area contributed by atoms with Gasteiger partial charge < -0.3 is 9.84 Å². The second kappa shape index (κ2) is 4.97. The van der Waals surface area contributed by atoms with Gasteiger partial charge in [-0.2, -0.15) is 0 Å². The fourth-order valence-electron chi connectivity index (χ4n) is 1.91. The molecule has 3 aromatic rings. The third-order valence-electron chi connectivity index (χ3n) is 2.84. The van der Waals surface area contributed by atoms with Gasteiger partial charge in [0, 0.05) is 30.0 Å². The highest BCUT2D eigenvalue weighted by atomic mass is 16.5. The number of hydrogen-bond donors (Lipinski definition) is 1. The zero-order valence-electron chi connectivity index (χ0n) is 10.4. The SMILES string of the molecule is O=C(O)c1cnccc1Oc1cccc2ncccc12. The standard InChI is InChI=1S/C15H10N2O3/c18-15(19)11-9-16-8-6-14(11)20-13-5-1-4-12-10(13)3-2-7-17-12/h1-9H,(H,18,19). The molecule has 1 N–H and O–H groups in total. The summed E-state index contributed by atoms with van der Waals surface area (Å²) >= 11 is 0. The van der Waals surface area contributed by atoms with Crippen LogP contribution in [0.3, 0.4) is 0 Å². The lowest BCUT2D eigenvalue weighted by atomic mass is 10.2. The zero-order valence-corrected chi connectivity index (χ0v) is 10.4. The first kappa shape index (κ1) is 12.1. The molecule has 3 rings (SSSR count). The van der Waals surface area contributed by atoms with Crippen molar-refractivity contribution < 1.29 is 14.6 Å². The van der Waals surface area contributed by atoms with E-state index in [1.165, 1.54) is 18.5 Å². The molecule has 0 fully saturated rings. The van der Waals surface area contributed by atoms with E-state index in [1.807, 2.05) is 18.2 Å². The Morgan fingerprint density at radius 2 is 1.95 bits per heavy atom. The van der Waals surface area contributed by atoms with Crippen LogP contribution >= 0.6 is 0 Å². The molecule has 5 nitrogen and oxygen atoms in total. The Morgan fingerprint density at radius 1 is 1.05 bits per heavy atom. The molecule has 0 saturated heterocycles. The predicted molar refractivity (Wildman–Crippen MR) is 73.0 cm³/mol. The van der Waals surface area contributed by atoms with Crippen LogP contribution in [0.15, 0.2) is 55.0 Å². The maximum atomic E-state index is 11.1. The molecule has 0 aliphatic rings. The molecule has 20 heavy (non-hydrogen) atoms. The van der Waals surface area contributed by atoms with Crippen molar-refractivity contribution in [3.63, 3.8) is 0 Å². The minimum atomic E-state index is -1.08. The summed E-state index contributed by atoms with van der Waals surface area (Å²) in [7, 11) is 0. The number of carboxylic acid groups (broad SMARTS) is 1. The summed E-state index contributed by atoms with van der Waals surface area (Å²) in [6.45, 7) is 0. The number of pyridine rings is 2. The van der Waals surface area contributed by atoms with Crippen LogP contribution in [0, 0.1) is 0 Å². The van der Waals surface area contributed by atoms with E-state index >= 15 is 0 Å². The summed E-state index contributed by atoms with van der Waals surface area (Å²) in [6, 6.07) is 10.7. The number of benzene rings is 1. The Bertz CT molecular complexity index is 781. The molecule has 0 bridgehead atoms. The molecule has 2 aromatic heterocycles. The Kier molecular flexibility index (Phi) is 3.01. The largest absolute Gasteiger partial charge is 0.477 e. The van der Waals surface area contributed by atoms with Crippen molar-refractivity contribution in [2.24, 2.45) is 0 Å². The quantitative estimate of drug-likeness (QED) is 0.788. The fraction of sp³-hybridized carbons (Fsp3) is 0. The van der Waals surface area contributed by atoms with Crippen LogP contribution in [0.2, 0.25) is 0 Å². The highest BCUT2D eigenvalue weighted by Gasteiger charge is 2.13. The van der Waals surface area contributed by atoms with E-state index in [1.54, 1.807) is 18.3 Å². The van der Waals surface area contributed by atoms with E-state index in [0.29, 0.717) is 5.75 Å². The van der Waals surface area contributed by atoms with Crippen molar-refractivity contribution in [1.29, 1.82) is 0 Å². The number of ether oxygens (including phenoxy) is 1. The molecule has 0 atom stereocenters. The van der Waals surface area contributed by atoms with Gasteiger partial charge in [0.25, 0.3) is 0 Å². The molecule has 5 heteroatoms. The average molecular weight is 266 g/mol. The van der Waals surface area contributed by atoms with Crippen molar-refractivity contribution >= 4 is 16.9 Å². The van der Waals surface area contributed by atoms with E-state index in [9.17, 15) is 4.79 Å². The van der Waals surface area contributed by atoms with Gasteiger partial charge in [0.2, 0.25) is 0 Å².